The molecule has 1 N–H and O–H groups in total. The summed E-state index contributed by atoms with van der Waals surface area (Å²) < 4.78 is 0. The molecule has 13 heavy (non-hydrogen) atoms. The van der Waals surface area contributed by atoms with Crippen LogP contribution in [-0.2, 0) is 4.79 Å². The van der Waals surface area contributed by atoms with Crippen LogP contribution in [0.5, 0.6) is 0 Å². The summed E-state index contributed by atoms with van der Waals surface area (Å²) in [6, 6.07) is 0.360. The van der Waals surface area contributed by atoms with Crippen LogP contribution in [0.15, 0.2) is 0 Å². The molecule has 3 heteroatoms. The van der Waals surface area contributed by atoms with Gasteiger partial charge in [-0.05, 0) is 27.2 Å². The van der Waals surface area contributed by atoms with Crippen LogP contribution in [0.25, 0.3) is 0 Å². The number of rotatable bonds is 3. The molecule has 0 bridgehead atoms. The molecule has 0 aromatic rings. The van der Waals surface area contributed by atoms with Crippen molar-refractivity contribution in [3.63, 3.8) is 0 Å². The average molecular weight is 184 g/mol. The molecule has 3 atom stereocenters. The normalized spacial score (nSPS) is 31.1. The number of amides is 1. The minimum Gasteiger partial charge on any atom is -0.323 e. The van der Waals surface area contributed by atoms with Crippen LogP contribution in [0.1, 0.15) is 40.5 Å². The highest BCUT2D eigenvalue weighted by molar-refractivity contribution is 5.84. The molecule has 1 heterocycles. The van der Waals surface area contributed by atoms with Gasteiger partial charge in [0.25, 0.3) is 0 Å². The van der Waals surface area contributed by atoms with Crippen molar-refractivity contribution < 1.29 is 4.79 Å². The van der Waals surface area contributed by atoms with Crippen LogP contribution >= 0.6 is 0 Å². The van der Waals surface area contributed by atoms with E-state index in [-0.39, 0.29) is 18.1 Å². The smallest absolute Gasteiger partial charge is 0.240 e. The zero-order valence-corrected chi connectivity index (χ0v) is 9.00. The second kappa shape index (κ2) is 4.09. The summed E-state index contributed by atoms with van der Waals surface area (Å²) in [6.07, 6.45) is 2.42. The second-order valence-corrected chi connectivity index (χ2v) is 3.95. The maximum Gasteiger partial charge on any atom is 0.240 e. The Labute approximate surface area is 80.5 Å². The lowest BCUT2D eigenvalue weighted by atomic mass is 10.1. The molecule has 0 spiro atoms. The average Bonchev–Trinajstić information content (AvgIpc) is 2.27. The number of carbonyl (C=O) groups excluding carboxylic acids is 1. The largest absolute Gasteiger partial charge is 0.323 e. The quantitative estimate of drug-likeness (QED) is 0.718. The molecule has 1 aliphatic rings. The lowest BCUT2D eigenvalue weighted by Gasteiger charge is -2.27. The summed E-state index contributed by atoms with van der Waals surface area (Å²) in [5.74, 6) is 0.244. The van der Waals surface area contributed by atoms with E-state index >= 15 is 0 Å². The van der Waals surface area contributed by atoms with E-state index in [1.165, 1.54) is 0 Å². The Morgan fingerprint density at radius 2 is 2.15 bits per heavy atom. The van der Waals surface area contributed by atoms with Gasteiger partial charge in [0.1, 0.15) is 0 Å². The van der Waals surface area contributed by atoms with Crippen molar-refractivity contribution >= 4 is 5.91 Å². The highest BCUT2D eigenvalue weighted by atomic mass is 16.2. The van der Waals surface area contributed by atoms with E-state index in [0.29, 0.717) is 6.04 Å². The van der Waals surface area contributed by atoms with Gasteiger partial charge < -0.3 is 4.90 Å². The van der Waals surface area contributed by atoms with Gasteiger partial charge in [-0.15, -0.1) is 0 Å². The first-order valence-corrected chi connectivity index (χ1v) is 5.16. The predicted molar refractivity (Wildman–Crippen MR) is 53.3 cm³/mol. The predicted octanol–water partition coefficient (Wildman–Crippen LogP) is 1.34. The Hall–Kier alpha value is -0.570. The maximum atomic E-state index is 11.7. The van der Waals surface area contributed by atoms with Gasteiger partial charge >= 0.3 is 0 Å². The topological polar surface area (TPSA) is 32.3 Å². The van der Waals surface area contributed by atoms with E-state index in [2.05, 4.69) is 19.2 Å². The summed E-state index contributed by atoms with van der Waals surface area (Å²) >= 11 is 0. The number of nitrogens with zero attached hydrogens (tertiary/aromatic N) is 1. The Morgan fingerprint density at radius 3 is 2.54 bits per heavy atom. The van der Waals surface area contributed by atoms with Crippen molar-refractivity contribution in [2.24, 2.45) is 0 Å². The molecule has 76 valence electrons. The molecule has 0 aromatic carbocycles. The van der Waals surface area contributed by atoms with E-state index in [9.17, 15) is 4.79 Å². The third kappa shape index (κ3) is 2.02. The summed E-state index contributed by atoms with van der Waals surface area (Å²) in [7, 11) is 0. The lowest BCUT2D eigenvalue weighted by Crippen LogP contribution is -2.41. The van der Waals surface area contributed by atoms with Crippen LogP contribution in [-0.4, -0.2) is 29.1 Å². The van der Waals surface area contributed by atoms with Crippen molar-refractivity contribution in [1.29, 1.82) is 0 Å². The SMILES string of the molecule is CCCC(C)N1C(=O)C(C)NC1C. The molecule has 0 aliphatic carbocycles. The maximum absolute atomic E-state index is 11.7. The van der Waals surface area contributed by atoms with Crippen LogP contribution in [0, 0.1) is 0 Å². The van der Waals surface area contributed by atoms with Gasteiger partial charge in [0.2, 0.25) is 5.91 Å². The van der Waals surface area contributed by atoms with Crippen LogP contribution in [0.2, 0.25) is 0 Å². The Kier molecular flexibility index (Phi) is 3.31. The van der Waals surface area contributed by atoms with Crippen LogP contribution in [0.4, 0.5) is 0 Å². The van der Waals surface area contributed by atoms with E-state index < -0.39 is 0 Å². The van der Waals surface area contributed by atoms with Crippen molar-refractivity contribution in [2.45, 2.75) is 58.8 Å². The fourth-order valence-corrected chi connectivity index (χ4v) is 2.08. The fourth-order valence-electron chi connectivity index (χ4n) is 2.08. The molecule has 1 aliphatic heterocycles. The minimum absolute atomic E-state index is 0.00527. The summed E-state index contributed by atoms with van der Waals surface area (Å²) in [4.78, 5) is 13.7. The van der Waals surface area contributed by atoms with Gasteiger partial charge in [-0.25, -0.2) is 0 Å². The highest BCUT2D eigenvalue weighted by Gasteiger charge is 2.35. The number of hydrogen-bond donors (Lipinski definition) is 1. The van der Waals surface area contributed by atoms with E-state index in [4.69, 9.17) is 0 Å². The molecule has 0 aromatic heterocycles. The molecule has 1 saturated heterocycles. The third-order valence-electron chi connectivity index (χ3n) is 2.71. The van der Waals surface area contributed by atoms with Gasteiger partial charge in [0, 0.05) is 6.04 Å². The van der Waals surface area contributed by atoms with E-state index in [1.807, 2.05) is 18.7 Å². The first-order chi connectivity index (χ1) is 6.07. The zero-order valence-electron chi connectivity index (χ0n) is 9.00. The second-order valence-electron chi connectivity index (χ2n) is 3.95. The highest BCUT2D eigenvalue weighted by Crippen LogP contribution is 2.16. The number of hydrogen-bond acceptors (Lipinski definition) is 2. The molecule has 1 fully saturated rings. The van der Waals surface area contributed by atoms with Crippen molar-refractivity contribution in [1.82, 2.24) is 10.2 Å². The van der Waals surface area contributed by atoms with Gasteiger partial charge in [0.15, 0.2) is 0 Å². The van der Waals surface area contributed by atoms with Crippen LogP contribution in [0.3, 0.4) is 0 Å². The lowest BCUT2D eigenvalue weighted by molar-refractivity contribution is -0.131. The minimum atomic E-state index is -0.00527. The van der Waals surface area contributed by atoms with Gasteiger partial charge in [0.05, 0.1) is 12.2 Å². The van der Waals surface area contributed by atoms with Crippen molar-refractivity contribution in [3.8, 4) is 0 Å². The van der Waals surface area contributed by atoms with Crippen molar-refractivity contribution in [3.05, 3.63) is 0 Å². The molecule has 3 nitrogen and oxygen atoms in total. The molecular weight excluding hydrogens is 164 g/mol. The third-order valence-corrected chi connectivity index (χ3v) is 2.71. The zero-order chi connectivity index (χ0) is 10.0. The Bertz CT molecular complexity index is 193. The molecule has 0 saturated carbocycles. The first kappa shape index (κ1) is 10.5. The molecule has 3 unspecified atom stereocenters. The fraction of sp³-hybridized carbons (Fsp3) is 0.900. The van der Waals surface area contributed by atoms with E-state index in [1.54, 1.807) is 0 Å². The summed E-state index contributed by atoms with van der Waals surface area (Å²) in [5.41, 5.74) is 0. The molecule has 1 rings (SSSR count). The van der Waals surface area contributed by atoms with Crippen LogP contribution < -0.4 is 5.32 Å². The summed E-state index contributed by atoms with van der Waals surface area (Å²) in [5, 5.41) is 3.23. The monoisotopic (exact) mass is 184 g/mol. The molecule has 1 amide bonds. The first-order valence-electron chi connectivity index (χ1n) is 5.16. The van der Waals surface area contributed by atoms with Gasteiger partial charge in [-0.1, -0.05) is 13.3 Å². The molecule has 0 radical (unpaired) electrons. The Morgan fingerprint density at radius 1 is 1.54 bits per heavy atom. The Balaban J connectivity index is 2.62. The summed E-state index contributed by atoms with van der Waals surface area (Å²) in [6.45, 7) is 8.25. The van der Waals surface area contributed by atoms with Gasteiger partial charge in [-0.3, -0.25) is 10.1 Å². The molecular formula is C10H20N2O. The van der Waals surface area contributed by atoms with Gasteiger partial charge in [-0.2, -0.15) is 0 Å². The number of nitrogens with one attached hydrogen (secondary N) is 1. The standard InChI is InChI=1S/C10H20N2O/c1-5-6-7(2)12-9(4)11-8(3)10(12)13/h7-9,11H,5-6H2,1-4H3. The van der Waals surface area contributed by atoms with Crippen molar-refractivity contribution in [2.75, 3.05) is 0 Å². The number of carbonyl (C=O) groups is 1. The van der Waals surface area contributed by atoms with E-state index in [0.717, 1.165) is 12.8 Å².